The third-order valence-corrected chi connectivity index (χ3v) is 3.15. The maximum absolute atomic E-state index is 12.6. The Morgan fingerprint density at radius 3 is 2.12 bits per heavy atom. The summed E-state index contributed by atoms with van der Waals surface area (Å²) in [5.74, 6) is -1.75. The van der Waals surface area contributed by atoms with Gasteiger partial charge in [-0.05, 0) is 6.07 Å². The number of carbonyl (C=O) groups excluding carboxylic acids is 3. The van der Waals surface area contributed by atoms with E-state index in [-0.39, 0.29) is 16.9 Å². The first-order chi connectivity index (χ1) is 11.5. The van der Waals surface area contributed by atoms with Crippen LogP contribution in [0.15, 0.2) is 67.3 Å². The summed E-state index contributed by atoms with van der Waals surface area (Å²) in [4.78, 5) is 36.0. The third kappa shape index (κ3) is 4.16. The Balaban J connectivity index is 2.22. The van der Waals surface area contributed by atoms with Gasteiger partial charge in [-0.2, -0.15) is 0 Å². The summed E-state index contributed by atoms with van der Waals surface area (Å²) in [6, 6.07) is 14.9. The third-order valence-electron chi connectivity index (χ3n) is 3.15. The van der Waals surface area contributed by atoms with Crippen LogP contribution in [0.4, 0.5) is 0 Å². The van der Waals surface area contributed by atoms with Gasteiger partial charge in [0.05, 0.1) is 5.56 Å². The van der Waals surface area contributed by atoms with Gasteiger partial charge in [0.25, 0.3) is 0 Å². The number of hydrogen-bond acceptors (Lipinski definition) is 5. The van der Waals surface area contributed by atoms with Crippen molar-refractivity contribution in [2.45, 2.75) is 13.2 Å². The Hall–Kier alpha value is -3.21. The van der Waals surface area contributed by atoms with Crippen LogP contribution >= 0.6 is 0 Å². The molecule has 0 radical (unpaired) electrons. The van der Waals surface area contributed by atoms with E-state index in [0.717, 1.165) is 6.08 Å². The lowest BCUT2D eigenvalue weighted by molar-refractivity contribution is -0.159. The highest BCUT2D eigenvalue weighted by atomic mass is 16.7. The normalized spacial score (nSPS) is 11.2. The summed E-state index contributed by atoms with van der Waals surface area (Å²) in [5, 5.41) is 0. The van der Waals surface area contributed by atoms with E-state index in [0.29, 0.717) is 5.56 Å². The number of hydrogen-bond donors (Lipinski definition) is 0. The molecule has 1 unspecified atom stereocenters. The van der Waals surface area contributed by atoms with Crippen LogP contribution in [0.5, 0.6) is 0 Å². The maximum Gasteiger partial charge on any atom is 0.341 e. The van der Waals surface area contributed by atoms with Gasteiger partial charge in [0.1, 0.15) is 0 Å². The molecule has 0 N–H and O–H groups in total. The van der Waals surface area contributed by atoms with E-state index >= 15 is 0 Å². The Morgan fingerprint density at radius 1 is 0.917 bits per heavy atom. The Morgan fingerprint density at radius 2 is 1.50 bits per heavy atom. The number of esters is 2. The van der Waals surface area contributed by atoms with E-state index in [2.05, 4.69) is 6.58 Å². The molecule has 0 aliphatic rings. The van der Waals surface area contributed by atoms with E-state index in [1.807, 2.05) is 0 Å². The highest BCUT2D eigenvalue weighted by molar-refractivity contribution is 6.14. The average Bonchev–Trinajstić information content (AvgIpc) is 2.61. The molecule has 0 bridgehead atoms. The zero-order valence-corrected chi connectivity index (χ0v) is 13.1. The maximum atomic E-state index is 12.6. The lowest BCUT2D eigenvalue weighted by atomic mass is 9.98. The van der Waals surface area contributed by atoms with E-state index in [1.54, 1.807) is 48.5 Å². The van der Waals surface area contributed by atoms with Crippen molar-refractivity contribution in [1.29, 1.82) is 0 Å². The standard InChI is InChI=1S/C19H16O5/c1-3-17(20)23-13(2)24-19(22)16-12-8-7-11-15(16)18(21)14-9-5-4-6-10-14/h3-13H,1H2,2H3. The van der Waals surface area contributed by atoms with Gasteiger partial charge in [-0.3, -0.25) is 4.79 Å². The summed E-state index contributed by atoms with van der Waals surface area (Å²) >= 11 is 0. The molecule has 122 valence electrons. The van der Waals surface area contributed by atoms with Crippen LogP contribution in [0.1, 0.15) is 33.2 Å². The quantitative estimate of drug-likeness (QED) is 0.353. The van der Waals surface area contributed by atoms with Crippen molar-refractivity contribution < 1.29 is 23.9 Å². The van der Waals surface area contributed by atoms with Gasteiger partial charge in [-0.1, -0.05) is 55.1 Å². The zero-order chi connectivity index (χ0) is 17.5. The summed E-state index contributed by atoms with van der Waals surface area (Å²) in [6.45, 7) is 4.67. The molecule has 0 heterocycles. The minimum absolute atomic E-state index is 0.104. The fraction of sp³-hybridized carbons (Fsp3) is 0.105. The Bertz CT molecular complexity index is 764. The fourth-order valence-electron chi connectivity index (χ4n) is 2.05. The van der Waals surface area contributed by atoms with Crippen molar-refractivity contribution >= 4 is 17.7 Å². The van der Waals surface area contributed by atoms with Crippen LogP contribution in [0, 0.1) is 0 Å². The average molecular weight is 324 g/mol. The molecular weight excluding hydrogens is 308 g/mol. The molecule has 0 fully saturated rings. The topological polar surface area (TPSA) is 69.7 Å². The molecular formula is C19H16O5. The van der Waals surface area contributed by atoms with E-state index in [1.165, 1.54) is 13.0 Å². The molecule has 0 aliphatic carbocycles. The number of benzene rings is 2. The SMILES string of the molecule is C=CC(=O)OC(C)OC(=O)c1ccccc1C(=O)c1ccccc1. The van der Waals surface area contributed by atoms with Gasteiger partial charge in [-0.25, -0.2) is 9.59 Å². The Kier molecular flexibility index (Phi) is 5.63. The molecule has 1 atom stereocenters. The second kappa shape index (κ2) is 7.87. The summed E-state index contributed by atoms with van der Waals surface area (Å²) in [6.07, 6.45) is -0.125. The first-order valence-electron chi connectivity index (χ1n) is 7.25. The number of ether oxygens (including phenoxy) is 2. The van der Waals surface area contributed by atoms with E-state index in [9.17, 15) is 14.4 Å². The minimum Gasteiger partial charge on any atom is -0.422 e. The van der Waals surface area contributed by atoms with E-state index < -0.39 is 18.2 Å². The van der Waals surface area contributed by atoms with Gasteiger partial charge in [0, 0.05) is 24.1 Å². The highest BCUT2D eigenvalue weighted by Crippen LogP contribution is 2.16. The van der Waals surface area contributed by atoms with Crippen LogP contribution in [-0.4, -0.2) is 24.0 Å². The van der Waals surface area contributed by atoms with Crippen molar-refractivity contribution in [3.05, 3.63) is 83.9 Å². The number of rotatable bonds is 6. The van der Waals surface area contributed by atoms with Crippen molar-refractivity contribution in [2.75, 3.05) is 0 Å². The molecule has 0 aliphatic heterocycles. The predicted octanol–water partition coefficient (Wildman–Crippen LogP) is 3.15. The molecule has 0 amide bonds. The molecule has 5 nitrogen and oxygen atoms in total. The Labute approximate surface area is 139 Å². The van der Waals surface area contributed by atoms with Gasteiger partial charge in [0.2, 0.25) is 6.29 Å². The molecule has 0 spiro atoms. The summed E-state index contributed by atoms with van der Waals surface area (Å²) in [7, 11) is 0. The van der Waals surface area contributed by atoms with Crippen LogP contribution in [0.2, 0.25) is 0 Å². The first kappa shape index (κ1) is 17.1. The molecule has 24 heavy (non-hydrogen) atoms. The first-order valence-corrected chi connectivity index (χ1v) is 7.25. The van der Waals surface area contributed by atoms with Crippen LogP contribution in [0.25, 0.3) is 0 Å². The van der Waals surface area contributed by atoms with Crippen molar-refractivity contribution in [1.82, 2.24) is 0 Å². The minimum atomic E-state index is -1.09. The molecule has 2 rings (SSSR count). The monoisotopic (exact) mass is 324 g/mol. The van der Waals surface area contributed by atoms with Gasteiger partial charge >= 0.3 is 11.9 Å². The summed E-state index contributed by atoms with van der Waals surface area (Å²) in [5.41, 5.74) is 0.785. The molecule has 2 aromatic carbocycles. The molecule has 0 aromatic heterocycles. The fourth-order valence-corrected chi connectivity index (χ4v) is 2.05. The zero-order valence-electron chi connectivity index (χ0n) is 13.1. The lowest BCUT2D eigenvalue weighted by Crippen LogP contribution is -2.22. The van der Waals surface area contributed by atoms with Crippen molar-refractivity contribution in [3.63, 3.8) is 0 Å². The molecule has 0 saturated carbocycles. The lowest BCUT2D eigenvalue weighted by Gasteiger charge is -2.14. The van der Waals surface area contributed by atoms with Crippen molar-refractivity contribution in [3.8, 4) is 0 Å². The number of carbonyl (C=O) groups is 3. The predicted molar refractivity (Wildman–Crippen MR) is 87.5 cm³/mol. The van der Waals surface area contributed by atoms with E-state index in [4.69, 9.17) is 9.47 Å². The van der Waals surface area contributed by atoms with Gasteiger partial charge < -0.3 is 9.47 Å². The second-order valence-electron chi connectivity index (χ2n) is 4.85. The molecule has 2 aromatic rings. The van der Waals surface area contributed by atoms with Gasteiger partial charge in [-0.15, -0.1) is 0 Å². The van der Waals surface area contributed by atoms with Gasteiger partial charge in [0.15, 0.2) is 5.78 Å². The largest absolute Gasteiger partial charge is 0.422 e. The highest BCUT2D eigenvalue weighted by Gasteiger charge is 2.21. The second-order valence-corrected chi connectivity index (χ2v) is 4.85. The number of ketones is 1. The smallest absolute Gasteiger partial charge is 0.341 e. The summed E-state index contributed by atoms with van der Waals surface area (Å²) < 4.78 is 9.85. The van der Waals surface area contributed by atoms with Crippen LogP contribution < -0.4 is 0 Å². The van der Waals surface area contributed by atoms with Crippen LogP contribution in [0.3, 0.4) is 0 Å². The molecule has 0 saturated heterocycles. The molecule has 5 heteroatoms. The van der Waals surface area contributed by atoms with Crippen LogP contribution in [-0.2, 0) is 14.3 Å². The van der Waals surface area contributed by atoms with Crippen molar-refractivity contribution in [2.24, 2.45) is 0 Å².